The van der Waals surface area contributed by atoms with Crippen LogP contribution >= 0.6 is 0 Å². The van der Waals surface area contributed by atoms with Crippen LogP contribution in [0.5, 0.6) is 5.75 Å². The molecule has 2 aromatic carbocycles. The molecular weight excluding hydrogens is 426 g/mol. The molecule has 0 atom stereocenters. The fraction of sp³-hybridized carbons (Fsp3) is 0.500. The Hall–Kier alpha value is -3.02. The molecule has 6 nitrogen and oxygen atoms in total. The predicted octanol–water partition coefficient (Wildman–Crippen LogP) is 5.28. The van der Waals surface area contributed by atoms with Crippen LogP contribution in [0.3, 0.4) is 0 Å². The number of benzene rings is 2. The highest BCUT2D eigenvalue weighted by Gasteiger charge is 2.21. The first-order valence-corrected chi connectivity index (χ1v) is 12.6. The van der Waals surface area contributed by atoms with Crippen LogP contribution in [0.25, 0.3) is 0 Å². The number of amides is 2. The molecule has 0 saturated carbocycles. The molecule has 34 heavy (non-hydrogen) atoms. The van der Waals surface area contributed by atoms with Crippen molar-refractivity contribution < 1.29 is 14.3 Å². The Morgan fingerprint density at radius 3 is 2.15 bits per heavy atom. The van der Waals surface area contributed by atoms with Crippen LogP contribution in [0.2, 0.25) is 0 Å². The van der Waals surface area contributed by atoms with Crippen molar-refractivity contribution >= 4 is 23.2 Å². The average Bonchev–Trinajstić information content (AvgIpc) is 2.87. The zero-order valence-electron chi connectivity index (χ0n) is 20.7. The number of carbonyl (C=O) groups excluding carboxylic acids is 2. The molecule has 1 saturated heterocycles. The van der Waals surface area contributed by atoms with E-state index in [4.69, 9.17) is 4.74 Å². The van der Waals surface area contributed by atoms with Crippen LogP contribution in [0, 0.1) is 0 Å². The number of hydrogen-bond acceptors (Lipinski definition) is 4. The molecule has 2 aromatic rings. The first-order chi connectivity index (χ1) is 16.6. The van der Waals surface area contributed by atoms with Crippen LogP contribution in [0.1, 0.15) is 57.4 Å². The van der Waals surface area contributed by atoms with Gasteiger partial charge in [-0.05, 0) is 48.4 Å². The van der Waals surface area contributed by atoms with E-state index in [9.17, 15) is 9.59 Å². The molecule has 0 radical (unpaired) electrons. The molecule has 1 N–H and O–H groups in total. The van der Waals surface area contributed by atoms with Gasteiger partial charge in [-0.3, -0.25) is 9.59 Å². The summed E-state index contributed by atoms with van der Waals surface area (Å²) in [5.74, 6) is 1.05. The van der Waals surface area contributed by atoms with Crippen molar-refractivity contribution in [3.05, 3.63) is 54.1 Å². The predicted molar refractivity (Wildman–Crippen MR) is 139 cm³/mol. The molecule has 0 aromatic heterocycles. The Labute approximate surface area is 204 Å². The fourth-order valence-corrected chi connectivity index (χ4v) is 4.29. The number of nitrogens with zero attached hydrogens (tertiary/aromatic N) is 2. The van der Waals surface area contributed by atoms with E-state index in [2.05, 4.69) is 29.3 Å². The van der Waals surface area contributed by atoms with E-state index in [0.717, 1.165) is 48.6 Å². The summed E-state index contributed by atoms with van der Waals surface area (Å²) in [6.45, 7) is 5.25. The summed E-state index contributed by atoms with van der Waals surface area (Å²) in [6, 6.07) is 15.7. The highest BCUT2D eigenvalue weighted by atomic mass is 16.5. The van der Waals surface area contributed by atoms with Gasteiger partial charge in [-0.15, -0.1) is 0 Å². The minimum absolute atomic E-state index is 0.0900. The van der Waals surface area contributed by atoms with Crippen molar-refractivity contribution in [1.82, 2.24) is 4.90 Å². The number of piperazine rings is 1. The maximum Gasteiger partial charge on any atom is 0.227 e. The minimum Gasteiger partial charge on any atom is -0.497 e. The molecule has 3 rings (SSSR count). The van der Waals surface area contributed by atoms with E-state index in [0.29, 0.717) is 25.9 Å². The molecule has 2 amide bonds. The zero-order valence-corrected chi connectivity index (χ0v) is 20.7. The molecular formula is C28H39N3O3. The lowest BCUT2D eigenvalue weighted by Crippen LogP contribution is -2.49. The monoisotopic (exact) mass is 465 g/mol. The number of nitrogens with one attached hydrogen (secondary N) is 1. The van der Waals surface area contributed by atoms with Crippen molar-refractivity contribution in [2.45, 2.75) is 58.3 Å². The number of hydrogen-bond donors (Lipinski definition) is 1. The minimum atomic E-state index is 0.0900. The standard InChI is InChI=1S/C28H39N3O3/c1-3-4-5-6-7-8-9-27(32)29-24-12-14-25(15-13-24)30-18-20-31(21-19-30)28(33)22-23-10-16-26(34-2)17-11-23/h10-17H,3-9,18-22H2,1-2H3,(H,29,32). The lowest BCUT2D eigenvalue weighted by molar-refractivity contribution is -0.130. The second kappa shape index (κ2) is 13.6. The van der Waals surface area contributed by atoms with Crippen LogP contribution < -0.4 is 15.0 Å². The second-order valence-electron chi connectivity index (χ2n) is 9.01. The first kappa shape index (κ1) is 25.6. The molecule has 1 fully saturated rings. The van der Waals surface area contributed by atoms with Gasteiger partial charge in [0.1, 0.15) is 5.75 Å². The molecule has 0 spiro atoms. The molecule has 0 aliphatic carbocycles. The van der Waals surface area contributed by atoms with Gasteiger partial charge in [0, 0.05) is 44.0 Å². The largest absolute Gasteiger partial charge is 0.497 e. The summed E-state index contributed by atoms with van der Waals surface area (Å²) >= 11 is 0. The van der Waals surface area contributed by atoms with Crippen molar-refractivity contribution in [2.24, 2.45) is 0 Å². The van der Waals surface area contributed by atoms with Crippen LogP contribution in [-0.4, -0.2) is 50.0 Å². The van der Waals surface area contributed by atoms with Gasteiger partial charge in [-0.1, -0.05) is 51.2 Å². The fourth-order valence-electron chi connectivity index (χ4n) is 4.29. The van der Waals surface area contributed by atoms with Gasteiger partial charge in [0.2, 0.25) is 11.8 Å². The van der Waals surface area contributed by atoms with E-state index >= 15 is 0 Å². The molecule has 184 valence electrons. The number of methoxy groups -OCH3 is 1. The van der Waals surface area contributed by atoms with Crippen molar-refractivity contribution in [2.75, 3.05) is 43.5 Å². The normalized spacial score (nSPS) is 13.6. The summed E-state index contributed by atoms with van der Waals surface area (Å²) in [7, 11) is 1.64. The van der Waals surface area contributed by atoms with Gasteiger partial charge in [0.25, 0.3) is 0 Å². The SMILES string of the molecule is CCCCCCCCC(=O)Nc1ccc(N2CCN(C(=O)Cc3ccc(OC)cc3)CC2)cc1. The average molecular weight is 466 g/mol. The Balaban J connectivity index is 1.38. The lowest BCUT2D eigenvalue weighted by Gasteiger charge is -2.36. The third-order valence-corrected chi connectivity index (χ3v) is 6.42. The number of carbonyl (C=O) groups is 2. The van der Waals surface area contributed by atoms with Crippen molar-refractivity contribution in [1.29, 1.82) is 0 Å². The number of ether oxygens (including phenoxy) is 1. The van der Waals surface area contributed by atoms with Gasteiger partial charge in [-0.2, -0.15) is 0 Å². The summed E-state index contributed by atoms with van der Waals surface area (Å²) in [5, 5.41) is 3.01. The van der Waals surface area contributed by atoms with Gasteiger partial charge in [0.05, 0.1) is 13.5 Å². The van der Waals surface area contributed by atoms with Crippen LogP contribution in [0.15, 0.2) is 48.5 Å². The Bertz CT molecular complexity index is 888. The highest BCUT2D eigenvalue weighted by Crippen LogP contribution is 2.21. The van der Waals surface area contributed by atoms with Gasteiger partial charge < -0.3 is 19.9 Å². The number of rotatable bonds is 12. The molecule has 1 aliphatic heterocycles. The molecule has 6 heteroatoms. The summed E-state index contributed by atoms with van der Waals surface area (Å²) in [4.78, 5) is 29.1. The van der Waals surface area contributed by atoms with E-state index in [-0.39, 0.29) is 11.8 Å². The Morgan fingerprint density at radius 1 is 0.853 bits per heavy atom. The quantitative estimate of drug-likeness (QED) is 0.434. The topological polar surface area (TPSA) is 61.9 Å². The second-order valence-corrected chi connectivity index (χ2v) is 9.01. The maximum atomic E-state index is 12.7. The van der Waals surface area contributed by atoms with Crippen LogP contribution in [0.4, 0.5) is 11.4 Å². The van der Waals surface area contributed by atoms with E-state index in [1.165, 1.54) is 25.7 Å². The summed E-state index contributed by atoms with van der Waals surface area (Å²) in [5.41, 5.74) is 2.96. The smallest absolute Gasteiger partial charge is 0.227 e. The molecule has 0 unspecified atom stereocenters. The highest BCUT2D eigenvalue weighted by molar-refractivity contribution is 5.90. The van der Waals surface area contributed by atoms with E-state index < -0.39 is 0 Å². The van der Waals surface area contributed by atoms with Crippen LogP contribution in [-0.2, 0) is 16.0 Å². The zero-order chi connectivity index (χ0) is 24.2. The van der Waals surface area contributed by atoms with Crippen molar-refractivity contribution in [3.8, 4) is 5.75 Å². The first-order valence-electron chi connectivity index (χ1n) is 12.6. The molecule has 0 bridgehead atoms. The van der Waals surface area contributed by atoms with Gasteiger partial charge in [-0.25, -0.2) is 0 Å². The van der Waals surface area contributed by atoms with Gasteiger partial charge >= 0.3 is 0 Å². The summed E-state index contributed by atoms with van der Waals surface area (Å²) in [6.07, 6.45) is 8.09. The third kappa shape index (κ3) is 8.08. The van der Waals surface area contributed by atoms with Crippen molar-refractivity contribution in [3.63, 3.8) is 0 Å². The Morgan fingerprint density at radius 2 is 1.50 bits per heavy atom. The number of unbranched alkanes of at least 4 members (excludes halogenated alkanes) is 5. The van der Waals surface area contributed by atoms with E-state index in [1.54, 1.807) is 7.11 Å². The van der Waals surface area contributed by atoms with Gasteiger partial charge in [0.15, 0.2) is 0 Å². The maximum absolute atomic E-state index is 12.7. The Kier molecular flexibility index (Phi) is 10.3. The summed E-state index contributed by atoms with van der Waals surface area (Å²) < 4.78 is 5.18. The lowest BCUT2D eigenvalue weighted by atomic mass is 10.1. The number of anilines is 2. The molecule has 1 heterocycles. The third-order valence-electron chi connectivity index (χ3n) is 6.42. The van der Waals surface area contributed by atoms with E-state index in [1.807, 2.05) is 41.3 Å². The molecule has 1 aliphatic rings.